The molecule has 17 heavy (non-hydrogen) atoms. The van der Waals surface area contributed by atoms with E-state index in [2.05, 4.69) is 15.9 Å². The van der Waals surface area contributed by atoms with E-state index in [-0.39, 0.29) is 11.3 Å². The van der Waals surface area contributed by atoms with Gasteiger partial charge in [-0.2, -0.15) is 0 Å². The predicted molar refractivity (Wildman–Crippen MR) is 65.6 cm³/mol. The second kappa shape index (κ2) is 4.10. The molecule has 1 aliphatic rings. The van der Waals surface area contributed by atoms with Gasteiger partial charge in [0.1, 0.15) is 0 Å². The maximum absolute atomic E-state index is 12.2. The first-order valence-corrected chi connectivity index (χ1v) is 7.43. The number of hydrogen-bond donors (Lipinski definition) is 1. The van der Waals surface area contributed by atoms with Crippen molar-refractivity contribution in [3.8, 4) is 0 Å². The van der Waals surface area contributed by atoms with Crippen LogP contribution in [0.5, 0.6) is 0 Å². The summed E-state index contributed by atoms with van der Waals surface area (Å²) in [7, 11) is -3.51. The summed E-state index contributed by atoms with van der Waals surface area (Å²) < 4.78 is 25.1. The Balaban J connectivity index is 2.50. The van der Waals surface area contributed by atoms with E-state index in [1.54, 1.807) is 12.1 Å². The van der Waals surface area contributed by atoms with E-state index in [0.29, 0.717) is 5.56 Å². The first kappa shape index (κ1) is 12.6. The van der Waals surface area contributed by atoms with Crippen LogP contribution in [-0.4, -0.2) is 24.7 Å². The molecule has 0 saturated heterocycles. The van der Waals surface area contributed by atoms with Crippen molar-refractivity contribution in [1.29, 1.82) is 0 Å². The van der Waals surface area contributed by atoms with E-state index in [9.17, 15) is 13.2 Å². The topological polar surface area (TPSA) is 71.4 Å². The predicted octanol–water partition coefficient (Wildman–Crippen LogP) is 1.87. The van der Waals surface area contributed by atoms with Gasteiger partial charge in [0.15, 0.2) is 9.84 Å². The number of rotatable bonds is 2. The van der Waals surface area contributed by atoms with Gasteiger partial charge in [-0.15, -0.1) is 0 Å². The SMILES string of the molecule is CC(C(=O)O)C1Cc2cc(Br)ccc2S1(=O)=O. The van der Waals surface area contributed by atoms with Crippen LogP contribution in [0.1, 0.15) is 12.5 Å². The Morgan fingerprint density at radius 2 is 2.18 bits per heavy atom. The summed E-state index contributed by atoms with van der Waals surface area (Å²) in [5.41, 5.74) is 0.692. The molecule has 1 heterocycles. The summed E-state index contributed by atoms with van der Waals surface area (Å²) in [6, 6.07) is 4.93. The number of fused-ring (bicyclic) bond motifs is 1. The number of carboxylic acids is 1. The standard InChI is InChI=1S/C11H11BrO4S/c1-6(11(13)14)10-5-7-4-8(12)2-3-9(7)17(10,15)16/h2-4,6,10H,5H2,1H3,(H,13,14). The summed E-state index contributed by atoms with van der Waals surface area (Å²) in [5.74, 6) is -1.98. The Labute approximate surface area is 108 Å². The highest BCUT2D eigenvalue weighted by atomic mass is 79.9. The number of benzene rings is 1. The zero-order valence-corrected chi connectivity index (χ0v) is 11.5. The van der Waals surface area contributed by atoms with Gasteiger partial charge in [0.2, 0.25) is 0 Å². The van der Waals surface area contributed by atoms with E-state index < -0.39 is 27.0 Å². The third kappa shape index (κ3) is 1.99. The van der Waals surface area contributed by atoms with Gasteiger partial charge in [-0.3, -0.25) is 4.79 Å². The normalized spacial score (nSPS) is 23.1. The summed E-state index contributed by atoms with van der Waals surface area (Å²) >= 11 is 3.28. The van der Waals surface area contributed by atoms with Gasteiger partial charge in [0, 0.05) is 4.47 Å². The number of hydrogen-bond acceptors (Lipinski definition) is 3. The molecular formula is C11H11BrO4S. The van der Waals surface area contributed by atoms with Gasteiger partial charge in [-0.25, -0.2) is 8.42 Å². The van der Waals surface area contributed by atoms with Crippen molar-refractivity contribution in [3.63, 3.8) is 0 Å². The van der Waals surface area contributed by atoms with Gasteiger partial charge in [-0.1, -0.05) is 22.9 Å². The second-order valence-electron chi connectivity index (χ2n) is 4.17. The number of sulfone groups is 1. The molecule has 0 bridgehead atoms. The molecule has 1 aromatic rings. The highest BCUT2D eigenvalue weighted by molar-refractivity contribution is 9.10. The van der Waals surface area contributed by atoms with Crippen molar-refractivity contribution in [2.24, 2.45) is 5.92 Å². The molecule has 0 aromatic heterocycles. The highest BCUT2D eigenvalue weighted by Gasteiger charge is 2.42. The fraction of sp³-hybridized carbons (Fsp3) is 0.364. The molecule has 1 aromatic carbocycles. The molecule has 1 N–H and O–H groups in total. The molecule has 0 radical (unpaired) electrons. The zero-order chi connectivity index (χ0) is 12.8. The average molecular weight is 319 g/mol. The molecule has 0 fully saturated rings. The third-order valence-electron chi connectivity index (χ3n) is 3.10. The van der Waals surface area contributed by atoms with Crippen LogP contribution in [-0.2, 0) is 21.1 Å². The van der Waals surface area contributed by atoms with E-state index in [0.717, 1.165) is 4.47 Å². The van der Waals surface area contributed by atoms with Crippen LogP contribution in [0.4, 0.5) is 0 Å². The minimum atomic E-state index is -3.51. The number of carboxylic acid groups (broad SMARTS) is 1. The van der Waals surface area contributed by atoms with Crippen molar-refractivity contribution in [3.05, 3.63) is 28.2 Å². The van der Waals surface area contributed by atoms with Crippen molar-refractivity contribution >= 4 is 31.7 Å². The lowest BCUT2D eigenvalue weighted by Crippen LogP contribution is -2.30. The van der Waals surface area contributed by atoms with E-state index >= 15 is 0 Å². The molecule has 0 amide bonds. The van der Waals surface area contributed by atoms with Crippen molar-refractivity contribution in [2.75, 3.05) is 0 Å². The zero-order valence-electron chi connectivity index (χ0n) is 9.05. The van der Waals surface area contributed by atoms with Gasteiger partial charge in [0.25, 0.3) is 0 Å². The number of aliphatic carboxylic acids is 1. The van der Waals surface area contributed by atoms with Gasteiger partial charge in [0.05, 0.1) is 16.1 Å². The van der Waals surface area contributed by atoms with Crippen LogP contribution in [0.2, 0.25) is 0 Å². The monoisotopic (exact) mass is 318 g/mol. The maximum Gasteiger partial charge on any atom is 0.307 e. The van der Waals surface area contributed by atoms with Crippen molar-refractivity contribution in [2.45, 2.75) is 23.5 Å². The first-order chi connectivity index (χ1) is 7.84. The lowest BCUT2D eigenvalue weighted by Gasteiger charge is -2.13. The second-order valence-corrected chi connectivity index (χ2v) is 7.22. The molecule has 4 nitrogen and oxygen atoms in total. The lowest BCUT2D eigenvalue weighted by atomic mass is 10.0. The molecule has 2 rings (SSSR count). The Kier molecular flexibility index (Phi) is 3.03. The summed E-state index contributed by atoms with van der Waals surface area (Å²) in [5, 5.41) is 8.08. The Morgan fingerprint density at radius 3 is 2.76 bits per heavy atom. The Morgan fingerprint density at radius 1 is 1.53 bits per heavy atom. The molecule has 92 valence electrons. The number of carbonyl (C=O) groups is 1. The molecule has 2 atom stereocenters. The van der Waals surface area contributed by atoms with Crippen LogP contribution in [0, 0.1) is 5.92 Å². The minimum absolute atomic E-state index is 0.263. The average Bonchev–Trinajstić information content (AvgIpc) is 2.48. The Bertz CT molecular complexity index is 579. The van der Waals surface area contributed by atoms with Crippen LogP contribution in [0.3, 0.4) is 0 Å². The van der Waals surface area contributed by atoms with Gasteiger partial charge >= 0.3 is 5.97 Å². The van der Waals surface area contributed by atoms with E-state index in [1.165, 1.54) is 13.0 Å². The third-order valence-corrected chi connectivity index (χ3v) is 5.97. The highest BCUT2D eigenvalue weighted by Crippen LogP contribution is 2.36. The van der Waals surface area contributed by atoms with Crippen LogP contribution in [0.25, 0.3) is 0 Å². The van der Waals surface area contributed by atoms with Crippen molar-refractivity contribution < 1.29 is 18.3 Å². The van der Waals surface area contributed by atoms with Gasteiger partial charge < -0.3 is 5.11 Å². The molecular weight excluding hydrogens is 308 g/mol. The fourth-order valence-electron chi connectivity index (χ4n) is 2.08. The molecule has 0 saturated carbocycles. The van der Waals surface area contributed by atoms with Crippen LogP contribution >= 0.6 is 15.9 Å². The summed E-state index contributed by atoms with van der Waals surface area (Å²) in [6.45, 7) is 1.44. The maximum atomic E-state index is 12.2. The van der Waals surface area contributed by atoms with E-state index in [1.807, 2.05) is 0 Å². The minimum Gasteiger partial charge on any atom is -0.481 e. The molecule has 2 unspecified atom stereocenters. The first-order valence-electron chi connectivity index (χ1n) is 5.09. The Hall–Kier alpha value is -0.880. The summed E-state index contributed by atoms with van der Waals surface area (Å²) in [6.07, 6.45) is 0.268. The molecule has 1 aliphatic heterocycles. The quantitative estimate of drug-likeness (QED) is 0.903. The van der Waals surface area contributed by atoms with Crippen LogP contribution in [0.15, 0.2) is 27.6 Å². The fourth-order valence-corrected chi connectivity index (χ4v) is 4.63. The van der Waals surface area contributed by atoms with E-state index in [4.69, 9.17) is 5.11 Å². The molecule has 6 heteroatoms. The molecule has 0 spiro atoms. The number of halogens is 1. The van der Waals surface area contributed by atoms with Crippen LogP contribution < -0.4 is 0 Å². The largest absolute Gasteiger partial charge is 0.481 e. The van der Waals surface area contributed by atoms with Crippen molar-refractivity contribution in [1.82, 2.24) is 0 Å². The van der Waals surface area contributed by atoms with Gasteiger partial charge in [-0.05, 0) is 30.2 Å². The molecule has 0 aliphatic carbocycles. The smallest absolute Gasteiger partial charge is 0.307 e. The summed E-state index contributed by atoms with van der Waals surface area (Å²) in [4.78, 5) is 11.2. The lowest BCUT2D eigenvalue weighted by molar-refractivity contribution is -0.141.